The third kappa shape index (κ3) is 4.85. The number of benzene rings is 1. The number of nitrogens with zero attached hydrogens (tertiary/aromatic N) is 3. The van der Waals surface area contributed by atoms with Gasteiger partial charge in [0.1, 0.15) is 11.9 Å². The number of imidazole rings is 1. The molecule has 5 nitrogen and oxygen atoms in total. The van der Waals surface area contributed by atoms with E-state index in [0.717, 1.165) is 37.2 Å². The second-order valence-electron chi connectivity index (χ2n) is 6.54. The molecule has 2 heterocycles. The lowest BCUT2D eigenvalue weighted by Gasteiger charge is -2.19. The maximum atomic E-state index is 12.5. The van der Waals surface area contributed by atoms with Gasteiger partial charge in [0, 0.05) is 44.8 Å². The molecule has 5 heteroatoms. The molecule has 1 amide bonds. The van der Waals surface area contributed by atoms with Crippen LogP contribution in [-0.2, 0) is 18.4 Å². The van der Waals surface area contributed by atoms with Crippen LogP contribution in [-0.4, -0.2) is 20.0 Å². The fourth-order valence-electron chi connectivity index (χ4n) is 3.11. The molecule has 0 aliphatic rings. The van der Waals surface area contributed by atoms with Crippen LogP contribution in [0.25, 0.3) is 0 Å². The zero-order chi connectivity index (χ0) is 18.2. The van der Waals surface area contributed by atoms with Gasteiger partial charge in [-0.1, -0.05) is 36.8 Å². The fourth-order valence-corrected chi connectivity index (χ4v) is 3.11. The van der Waals surface area contributed by atoms with Crippen LogP contribution in [0.2, 0.25) is 0 Å². The van der Waals surface area contributed by atoms with Crippen LogP contribution in [0.3, 0.4) is 0 Å². The van der Waals surface area contributed by atoms with Crippen molar-refractivity contribution in [3.05, 3.63) is 78.6 Å². The highest BCUT2D eigenvalue weighted by molar-refractivity contribution is 5.76. The number of carbonyl (C=O) groups is 1. The molecule has 0 aliphatic heterocycles. The van der Waals surface area contributed by atoms with Gasteiger partial charge in [-0.25, -0.2) is 4.98 Å². The number of amides is 1. The molecule has 0 radical (unpaired) electrons. The predicted molar refractivity (Wildman–Crippen MR) is 103 cm³/mol. The van der Waals surface area contributed by atoms with Crippen LogP contribution in [0.5, 0.6) is 0 Å². The van der Waals surface area contributed by atoms with Crippen LogP contribution in [0.15, 0.2) is 67.3 Å². The Bertz CT molecular complexity index is 793. The summed E-state index contributed by atoms with van der Waals surface area (Å²) in [5.74, 6) is 0.917. The highest BCUT2D eigenvalue weighted by Gasteiger charge is 2.20. The molecule has 1 unspecified atom stereocenters. The van der Waals surface area contributed by atoms with Crippen molar-refractivity contribution in [3.8, 4) is 0 Å². The van der Waals surface area contributed by atoms with E-state index in [9.17, 15) is 4.79 Å². The largest absolute Gasteiger partial charge is 0.354 e. The summed E-state index contributed by atoms with van der Waals surface area (Å²) in [4.78, 5) is 16.9. The maximum absolute atomic E-state index is 12.5. The molecule has 0 bridgehead atoms. The van der Waals surface area contributed by atoms with E-state index in [1.165, 1.54) is 0 Å². The molecule has 1 N–H and O–H groups in total. The van der Waals surface area contributed by atoms with Gasteiger partial charge in [-0.3, -0.25) is 4.79 Å². The molecule has 1 aromatic carbocycles. The molecular weight excluding hydrogens is 324 g/mol. The fraction of sp³-hybridized carbons (Fsp3) is 0.333. The zero-order valence-corrected chi connectivity index (χ0v) is 15.2. The Morgan fingerprint density at radius 2 is 1.81 bits per heavy atom. The van der Waals surface area contributed by atoms with Crippen molar-refractivity contribution < 1.29 is 4.79 Å². The van der Waals surface area contributed by atoms with E-state index >= 15 is 0 Å². The van der Waals surface area contributed by atoms with Crippen molar-refractivity contribution in [3.63, 3.8) is 0 Å². The van der Waals surface area contributed by atoms with Gasteiger partial charge in [0.05, 0.1) is 0 Å². The van der Waals surface area contributed by atoms with Gasteiger partial charge in [0.15, 0.2) is 0 Å². The number of aryl methyl sites for hydroxylation is 2. The standard InChI is InChI=1S/C21H26N4O/c1-24-17-13-22-21(24)20(18-10-4-2-5-11-18)23-19(26)12-6-3-7-14-25-15-8-9-16-25/h2,4-5,8-11,13,15-17,20H,3,6-7,12,14H2,1H3,(H,23,26). The van der Waals surface area contributed by atoms with Crippen molar-refractivity contribution in [1.82, 2.24) is 19.4 Å². The Hall–Kier alpha value is -2.82. The van der Waals surface area contributed by atoms with E-state index in [-0.39, 0.29) is 11.9 Å². The van der Waals surface area contributed by atoms with Crippen molar-refractivity contribution in [2.24, 2.45) is 7.05 Å². The number of rotatable bonds is 9. The lowest BCUT2D eigenvalue weighted by molar-refractivity contribution is -0.121. The van der Waals surface area contributed by atoms with Crippen LogP contribution in [0.4, 0.5) is 0 Å². The van der Waals surface area contributed by atoms with Crippen LogP contribution in [0, 0.1) is 0 Å². The smallest absolute Gasteiger partial charge is 0.220 e. The third-order valence-electron chi connectivity index (χ3n) is 4.54. The second-order valence-corrected chi connectivity index (χ2v) is 6.54. The van der Waals surface area contributed by atoms with Crippen molar-refractivity contribution >= 4 is 5.91 Å². The minimum Gasteiger partial charge on any atom is -0.354 e. The third-order valence-corrected chi connectivity index (χ3v) is 4.54. The summed E-state index contributed by atoms with van der Waals surface area (Å²) in [6.07, 6.45) is 11.4. The van der Waals surface area contributed by atoms with E-state index in [4.69, 9.17) is 0 Å². The van der Waals surface area contributed by atoms with E-state index < -0.39 is 0 Å². The Morgan fingerprint density at radius 1 is 1.04 bits per heavy atom. The highest BCUT2D eigenvalue weighted by Crippen LogP contribution is 2.20. The Morgan fingerprint density at radius 3 is 2.50 bits per heavy atom. The number of carbonyl (C=O) groups excluding carboxylic acids is 1. The van der Waals surface area contributed by atoms with Gasteiger partial charge < -0.3 is 14.5 Å². The topological polar surface area (TPSA) is 51.9 Å². The molecule has 0 saturated carbocycles. The van der Waals surface area contributed by atoms with Crippen LogP contribution >= 0.6 is 0 Å². The first kappa shape index (κ1) is 18.0. The summed E-state index contributed by atoms with van der Waals surface area (Å²) in [5.41, 5.74) is 1.04. The molecular formula is C21H26N4O. The molecule has 1 atom stereocenters. The normalized spacial score (nSPS) is 12.0. The van der Waals surface area contributed by atoms with Gasteiger partial charge in [-0.05, 0) is 30.5 Å². The number of nitrogens with one attached hydrogen (secondary N) is 1. The van der Waals surface area contributed by atoms with Crippen LogP contribution < -0.4 is 5.32 Å². The Kier molecular flexibility index (Phi) is 6.25. The predicted octanol–water partition coefficient (Wildman–Crippen LogP) is 3.69. The summed E-state index contributed by atoms with van der Waals surface area (Å²) in [6.45, 7) is 1.01. The monoisotopic (exact) mass is 350 g/mol. The number of aromatic nitrogens is 3. The van der Waals surface area contributed by atoms with Gasteiger partial charge in [-0.2, -0.15) is 0 Å². The highest BCUT2D eigenvalue weighted by atomic mass is 16.1. The lowest BCUT2D eigenvalue weighted by Crippen LogP contribution is -2.30. The second kappa shape index (κ2) is 9.04. The average Bonchev–Trinajstić information content (AvgIpc) is 3.32. The summed E-state index contributed by atoms with van der Waals surface area (Å²) in [6, 6.07) is 13.9. The molecule has 0 aliphatic carbocycles. The van der Waals surface area contributed by atoms with Crippen molar-refractivity contribution in [2.45, 2.75) is 38.3 Å². The molecule has 0 fully saturated rings. The molecule has 0 spiro atoms. The Labute approximate surface area is 154 Å². The SMILES string of the molecule is Cn1ccnc1C(NC(=O)CCCCCn1cccc1)c1ccccc1. The molecule has 2 aromatic heterocycles. The summed E-state index contributed by atoms with van der Waals surface area (Å²) >= 11 is 0. The van der Waals surface area contributed by atoms with E-state index in [1.54, 1.807) is 6.20 Å². The zero-order valence-electron chi connectivity index (χ0n) is 15.2. The van der Waals surface area contributed by atoms with Crippen LogP contribution in [0.1, 0.15) is 43.1 Å². The van der Waals surface area contributed by atoms with Crippen molar-refractivity contribution in [1.29, 1.82) is 0 Å². The molecule has 3 rings (SSSR count). The van der Waals surface area contributed by atoms with Crippen molar-refractivity contribution in [2.75, 3.05) is 0 Å². The quantitative estimate of drug-likeness (QED) is 0.599. The lowest BCUT2D eigenvalue weighted by atomic mass is 10.1. The first-order valence-corrected chi connectivity index (χ1v) is 9.16. The number of hydrogen-bond acceptors (Lipinski definition) is 2. The van der Waals surface area contributed by atoms with E-state index in [0.29, 0.717) is 6.42 Å². The summed E-state index contributed by atoms with van der Waals surface area (Å²) in [7, 11) is 1.95. The number of hydrogen-bond donors (Lipinski definition) is 1. The molecule has 136 valence electrons. The molecule has 26 heavy (non-hydrogen) atoms. The van der Waals surface area contributed by atoms with E-state index in [1.807, 2.05) is 60.3 Å². The summed E-state index contributed by atoms with van der Waals surface area (Å²) in [5, 5.41) is 3.15. The number of unbranched alkanes of at least 4 members (excludes halogenated alkanes) is 2. The minimum atomic E-state index is -0.219. The van der Waals surface area contributed by atoms with Gasteiger partial charge in [0.2, 0.25) is 5.91 Å². The van der Waals surface area contributed by atoms with Gasteiger partial charge >= 0.3 is 0 Å². The van der Waals surface area contributed by atoms with Gasteiger partial charge in [0.25, 0.3) is 0 Å². The first-order valence-electron chi connectivity index (χ1n) is 9.16. The van der Waals surface area contributed by atoms with Gasteiger partial charge in [-0.15, -0.1) is 0 Å². The van der Waals surface area contributed by atoms with E-state index in [2.05, 4.69) is 27.3 Å². The molecule has 3 aromatic rings. The summed E-state index contributed by atoms with van der Waals surface area (Å²) < 4.78 is 4.13. The Balaban J connectivity index is 1.52. The maximum Gasteiger partial charge on any atom is 0.220 e. The first-order chi connectivity index (χ1) is 12.7. The average molecular weight is 350 g/mol. The molecule has 0 saturated heterocycles. The minimum absolute atomic E-state index is 0.0721.